The monoisotopic (exact) mass is 536 g/mol. The molecule has 0 N–H and O–H groups in total. The lowest BCUT2D eigenvalue weighted by Gasteiger charge is -2.36. The average molecular weight is 537 g/mol. The summed E-state index contributed by atoms with van der Waals surface area (Å²) in [6.45, 7) is 5.22. The fraction of sp³-hybridized carbons (Fsp3) is 0.290. The van der Waals surface area contributed by atoms with E-state index in [2.05, 4.69) is 21.2 Å². The fourth-order valence-electron chi connectivity index (χ4n) is 5.46. The van der Waals surface area contributed by atoms with Gasteiger partial charge in [-0.3, -0.25) is 18.6 Å². The molecule has 0 unspecified atom stereocenters. The van der Waals surface area contributed by atoms with Gasteiger partial charge in [0.1, 0.15) is 11.6 Å². The van der Waals surface area contributed by atoms with Crippen LogP contribution in [0.4, 0.5) is 5.69 Å². The molecule has 0 aliphatic carbocycles. The number of amides is 1. The average Bonchev–Trinajstić information content (AvgIpc) is 3.43. The first-order valence-corrected chi connectivity index (χ1v) is 13.6. The van der Waals surface area contributed by atoms with Crippen molar-refractivity contribution < 1.29 is 9.53 Å². The van der Waals surface area contributed by atoms with Gasteiger partial charge in [-0.2, -0.15) is 0 Å². The van der Waals surface area contributed by atoms with Crippen molar-refractivity contribution in [2.45, 2.75) is 26.3 Å². The minimum absolute atomic E-state index is 0.0914. The van der Waals surface area contributed by atoms with Gasteiger partial charge in [-0.15, -0.1) is 10.2 Å². The van der Waals surface area contributed by atoms with Crippen LogP contribution in [0.25, 0.3) is 16.7 Å². The SMILES string of the molecule is COc1ccccc1N1CCN(C(=O)CCc2nnc3n(Cc4ccc(C)cc4)c(=O)c4ccccc4n23)CC1. The highest BCUT2D eigenvalue weighted by atomic mass is 16.5. The van der Waals surface area contributed by atoms with E-state index in [-0.39, 0.29) is 11.5 Å². The predicted octanol–water partition coefficient (Wildman–Crippen LogP) is 3.69. The number of hydrogen-bond acceptors (Lipinski definition) is 6. The van der Waals surface area contributed by atoms with Gasteiger partial charge in [0.25, 0.3) is 5.56 Å². The normalized spacial score (nSPS) is 13.8. The van der Waals surface area contributed by atoms with E-state index < -0.39 is 0 Å². The maximum Gasteiger partial charge on any atom is 0.263 e. The number of para-hydroxylation sites is 3. The quantitative estimate of drug-likeness (QED) is 0.316. The van der Waals surface area contributed by atoms with E-state index in [9.17, 15) is 9.59 Å². The van der Waals surface area contributed by atoms with Crippen LogP contribution in [-0.2, 0) is 17.8 Å². The number of hydrogen-bond donors (Lipinski definition) is 0. The van der Waals surface area contributed by atoms with Crippen molar-refractivity contribution in [2.24, 2.45) is 0 Å². The van der Waals surface area contributed by atoms with Crippen LogP contribution < -0.4 is 15.2 Å². The number of fused-ring (bicyclic) bond motifs is 3. The molecule has 1 amide bonds. The highest BCUT2D eigenvalue weighted by molar-refractivity contribution is 5.81. The van der Waals surface area contributed by atoms with Crippen molar-refractivity contribution in [1.29, 1.82) is 0 Å². The third-order valence-electron chi connectivity index (χ3n) is 7.66. The topological polar surface area (TPSA) is 85.0 Å². The van der Waals surface area contributed by atoms with E-state index in [4.69, 9.17) is 4.74 Å². The smallest absolute Gasteiger partial charge is 0.263 e. The standard InChI is InChI=1S/C31H32N6O3/c1-22-11-13-23(14-12-22)21-36-30(39)24-7-3-4-8-25(24)37-28(32-33-31(36)37)15-16-29(38)35-19-17-34(18-20-35)26-9-5-6-10-27(26)40-2/h3-14H,15-21H2,1-2H3. The summed E-state index contributed by atoms with van der Waals surface area (Å²) in [6, 6.07) is 23.6. The van der Waals surface area contributed by atoms with Gasteiger partial charge >= 0.3 is 0 Å². The van der Waals surface area contributed by atoms with Crippen LogP contribution in [0.2, 0.25) is 0 Å². The van der Waals surface area contributed by atoms with Crippen LogP contribution >= 0.6 is 0 Å². The predicted molar refractivity (Wildman–Crippen MR) is 155 cm³/mol. The molecule has 3 aromatic carbocycles. The van der Waals surface area contributed by atoms with Gasteiger partial charge in [-0.1, -0.05) is 54.1 Å². The van der Waals surface area contributed by atoms with Crippen LogP contribution in [-0.4, -0.2) is 63.3 Å². The Hall–Kier alpha value is -4.66. The van der Waals surface area contributed by atoms with Gasteiger partial charge in [0, 0.05) is 39.0 Å². The molecule has 0 bridgehead atoms. The van der Waals surface area contributed by atoms with Crippen molar-refractivity contribution in [3.63, 3.8) is 0 Å². The van der Waals surface area contributed by atoms with E-state index in [1.807, 2.05) is 83.0 Å². The zero-order valence-corrected chi connectivity index (χ0v) is 22.8. The lowest BCUT2D eigenvalue weighted by atomic mass is 10.1. The van der Waals surface area contributed by atoms with Crippen LogP contribution in [0.1, 0.15) is 23.4 Å². The van der Waals surface area contributed by atoms with Gasteiger partial charge in [-0.25, -0.2) is 0 Å². The zero-order valence-electron chi connectivity index (χ0n) is 22.8. The Morgan fingerprint density at radius 2 is 1.62 bits per heavy atom. The number of aryl methyl sites for hydroxylation is 2. The summed E-state index contributed by atoms with van der Waals surface area (Å²) < 4.78 is 9.11. The molecule has 2 aromatic heterocycles. The van der Waals surface area contributed by atoms with Gasteiger partial charge in [-0.05, 0) is 36.8 Å². The minimum Gasteiger partial charge on any atom is -0.495 e. The molecule has 5 aromatic rings. The molecular formula is C31H32N6O3. The molecular weight excluding hydrogens is 504 g/mol. The molecule has 0 saturated carbocycles. The third kappa shape index (κ3) is 4.79. The molecule has 9 nitrogen and oxygen atoms in total. The third-order valence-corrected chi connectivity index (χ3v) is 7.66. The number of piperazine rings is 1. The molecule has 1 saturated heterocycles. The molecule has 3 heterocycles. The lowest BCUT2D eigenvalue weighted by molar-refractivity contribution is -0.131. The van der Waals surface area contributed by atoms with Crippen molar-refractivity contribution in [3.05, 3.63) is 100 Å². The van der Waals surface area contributed by atoms with Gasteiger partial charge in [0.15, 0.2) is 0 Å². The number of methoxy groups -OCH3 is 1. The fourth-order valence-corrected chi connectivity index (χ4v) is 5.46. The summed E-state index contributed by atoms with van der Waals surface area (Å²) in [6.07, 6.45) is 0.750. The Balaban J connectivity index is 1.21. The number of nitrogens with zero attached hydrogens (tertiary/aromatic N) is 6. The molecule has 9 heteroatoms. The van der Waals surface area contributed by atoms with Crippen LogP contribution in [0, 0.1) is 6.92 Å². The van der Waals surface area contributed by atoms with Gasteiger partial charge in [0.05, 0.1) is 30.2 Å². The highest BCUT2D eigenvalue weighted by Gasteiger charge is 2.24. The summed E-state index contributed by atoms with van der Waals surface area (Å²) in [4.78, 5) is 30.9. The van der Waals surface area contributed by atoms with Crippen LogP contribution in [0.3, 0.4) is 0 Å². The van der Waals surface area contributed by atoms with E-state index in [0.717, 1.165) is 41.2 Å². The maximum absolute atomic E-state index is 13.5. The maximum atomic E-state index is 13.5. The molecule has 0 radical (unpaired) electrons. The number of aromatic nitrogens is 4. The molecule has 0 atom stereocenters. The molecule has 204 valence electrons. The summed E-state index contributed by atoms with van der Waals surface area (Å²) in [5.41, 5.74) is 3.87. The number of rotatable bonds is 7. The summed E-state index contributed by atoms with van der Waals surface area (Å²) in [7, 11) is 1.68. The second-order valence-corrected chi connectivity index (χ2v) is 10.2. The Labute approximate surface area is 232 Å². The van der Waals surface area contributed by atoms with Gasteiger partial charge in [0.2, 0.25) is 11.7 Å². The molecule has 1 fully saturated rings. The Kier molecular flexibility index (Phi) is 6.94. The van der Waals surface area contributed by atoms with Crippen molar-refractivity contribution in [1.82, 2.24) is 24.1 Å². The minimum atomic E-state index is -0.105. The largest absolute Gasteiger partial charge is 0.495 e. The van der Waals surface area contributed by atoms with E-state index in [1.54, 1.807) is 11.7 Å². The first kappa shape index (κ1) is 25.6. The number of carbonyl (C=O) groups is 1. The Morgan fingerprint density at radius 3 is 2.40 bits per heavy atom. The molecule has 1 aliphatic heterocycles. The van der Waals surface area contributed by atoms with E-state index in [1.165, 1.54) is 0 Å². The molecule has 0 spiro atoms. The highest BCUT2D eigenvalue weighted by Crippen LogP contribution is 2.28. The zero-order chi connectivity index (χ0) is 27.6. The van der Waals surface area contributed by atoms with Crippen LogP contribution in [0.5, 0.6) is 5.75 Å². The number of ether oxygens (including phenoxy) is 1. The number of benzene rings is 3. The first-order chi connectivity index (χ1) is 19.5. The lowest BCUT2D eigenvalue weighted by Crippen LogP contribution is -2.49. The Morgan fingerprint density at radius 1 is 0.900 bits per heavy atom. The van der Waals surface area contributed by atoms with Crippen LogP contribution in [0.15, 0.2) is 77.6 Å². The molecule has 40 heavy (non-hydrogen) atoms. The number of carbonyl (C=O) groups excluding carboxylic acids is 1. The summed E-state index contributed by atoms with van der Waals surface area (Å²) >= 11 is 0. The van der Waals surface area contributed by atoms with E-state index in [0.29, 0.717) is 49.5 Å². The van der Waals surface area contributed by atoms with E-state index >= 15 is 0 Å². The molecule has 6 rings (SSSR count). The summed E-state index contributed by atoms with van der Waals surface area (Å²) in [5.74, 6) is 2.09. The molecule has 1 aliphatic rings. The van der Waals surface area contributed by atoms with Crippen molar-refractivity contribution in [2.75, 3.05) is 38.2 Å². The van der Waals surface area contributed by atoms with Crippen molar-refractivity contribution >= 4 is 28.3 Å². The second kappa shape index (κ2) is 10.8. The second-order valence-electron chi connectivity index (χ2n) is 10.2. The van der Waals surface area contributed by atoms with Gasteiger partial charge < -0.3 is 14.5 Å². The Bertz CT molecular complexity index is 1730. The number of anilines is 1. The van der Waals surface area contributed by atoms with Crippen molar-refractivity contribution in [3.8, 4) is 5.75 Å². The summed E-state index contributed by atoms with van der Waals surface area (Å²) in [5, 5.41) is 9.48. The first-order valence-electron chi connectivity index (χ1n) is 13.6.